The lowest BCUT2D eigenvalue weighted by atomic mass is 9.59. The average molecular weight is 529 g/mol. The molecule has 0 amide bonds. The van der Waals surface area contributed by atoms with E-state index in [2.05, 4.69) is 13.5 Å². The lowest BCUT2D eigenvalue weighted by molar-refractivity contribution is -0.195. The predicted molar refractivity (Wildman–Crippen MR) is 149 cm³/mol. The van der Waals surface area contributed by atoms with Crippen LogP contribution in [-0.4, -0.2) is 33.4 Å². The van der Waals surface area contributed by atoms with E-state index in [9.17, 15) is 19.8 Å². The minimum absolute atomic E-state index is 0.154. The van der Waals surface area contributed by atoms with Gasteiger partial charge in [0.25, 0.3) is 0 Å². The van der Waals surface area contributed by atoms with E-state index in [1.807, 2.05) is 27.7 Å². The van der Waals surface area contributed by atoms with Crippen molar-refractivity contribution in [3.63, 3.8) is 0 Å². The molecule has 0 aliphatic heterocycles. The zero-order valence-corrected chi connectivity index (χ0v) is 24.1. The van der Waals surface area contributed by atoms with E-state index in [-0.39, 0.29) is 29.4 Å². The number of carbonyl (C=O) groups excluding carboxylic acids is 2. The van der Waals surface area contributed by atoms with E-state index in [1.165, 1.54) is 6.07 Å². The van der Waals surface area contributed by atoms with Gasteiger partial charge >= 0.3 is 11.9 Å². The monoisotopic (exact) mass is 528 g/mol. The third-order valence-electron chi connectivity index (χ3n) is 10.0. The standard InChI is InChI=1S/C32H48O6/c1-7-23(24-15-16-25(33)26(34)21-24)22-30(6,28(36)38-32(10-4)19-13-14-20-32)29(5,8-2)27(35)37-31(9-3)17-11-12-18-31/h9,15-16,21,23,33-34H,3,7-8,10-14,17-20,22H2,1-2,4-6H3. The Kier molecular flexibility index (Phi) is 9.26. The molecule has 38 heavy (non-hydrogen) atoms. The third kappa shape index (κ3) is 5.60. The van der Waals surface area contributed by atoms with Crippen LogP contribution in [0.2, 0.25) is 0 Å². The molecule has 2 N–H and O–H groups in total. The van der Waals surface area contributed by atoms with Gasteiger partial charge in [-0.15, -0.1) is 0 Å². The minimum atomic E-state index is -1.20. The highest BCUT2D eigenvalue weighted by atomic mass is 16.6. The van der Waals surface area contributed by atoms with Crippen molar-refractivity contribution in [1.82, 2.24) is 0 Å². The number of benzene rings is 1. The molecule has 1 aromatic carbocycles. The molecular formula is C32H48O6. The fourth-order valence-electron chi connectivity index (χ4n) is 6.55. The number of aromatic hydroxyl groups is 2. The summed E-state index contributed by atoms with van der Waals surface area (Å²) >= 11 is 0. The fourth-order valence-corrected chi connectivity index (χ4v) is 6.55. The number of esters is 2. The molecule has 3 rings (SSSR count). The van der Waals surface area contributed by atoms with E-state index in [1.54, 1.807) is 18.2 Å². The highest BCUT2D eigenvalue weighted by Gasteiger charge is 2.59. The van der Waals surface area contributed by atoms with Crippen molar-refractivity contribution >= 4 is 11.9 Å². The summed E-state index contributed by atoms with van der Waals surface area (Å²) in [4.78, 5) is 28.5. The number of hydrogen-bond donors (Lipinski definition) is 2. The smallest absolute Gasteiger partial charge is 0.313 e. The normalized spacial score (nSPS) is 22.1. The summed E-state index contributed by atoms with van der Waals surface area (Å²) in [6, 6.07) is 4.79. The average Bonchev–Trinajstić information content (AvgIpc) is 3.58. The summed E-state index contributed by atoms with van der Waals surface area (Å²) in [5.74, 6) is -1.29. The fraction of sp³-hybridized carbons (Fsp3) is 0.688. The molecule has 2 fully saturated rings. The SMILES string of the molecule is C=CC1(OC(=O)C(C)(CC)C(C)(CC(CC)c2ccc(O)c(O)c2)C(=O)OC2(CC)CCCC2)CCCC1. The van der Waals surface area contributed by atoms with Crippen LogP contribution in [-0.2, 0) is 19.1 Å². The van der Waals surface area contributed by atoms with E-state index in [0.29, 0.717) is 19.3 Å². The first-order valence-corrected chi connectivity index (χ1v) is 14.6. The van der Waals surface area contributed by atoms with E-state index >= 15 is 0 Å². The number of carbonyl (C=O) groups is 2. The van der Waals surface area contributed by atoms with Crippen molar-refractivity contribution < 1.29 is 29.3 Å². The van der Waals surface area contributed by atoms with Gasteiger partial charge in [0.1, 0.15) is 11.2 Å². The molecule has 6 heteroatoms. The molecule has 1 aromatic rings. The summed E-state index contributed by atoms with van der Waals surface area (Å²) in [6.45, 7) is 13.7. The summed E-state index contributed by atoms with van der Waals surface area (Å²) in [7, 11) is 0. The van der Waals surface area contributed by atoms with Gasteiger partial charge in [-0.1, -0.05) is 33.4 Å². The second kappa shape index (κ2) is 11.7. The van der Waals surface area contributed by atoms with Crippen LogP contribution >= 0.6 is 0 Å². The van der Waals surface area contributed by atoms with Crippen molar-refractivity contribution in [3.8, 4) is 11.5 Å². The molecule has 2 aliphatic carbocycles. The van der Waals surface area contributed by atoms with Gasteiger partial charge in [-0.3, -0.25) is 9.59 Å². The van der Waals surface area contributed by atoms with Crippen LogP contribution < -0.4 is 0 Å². The molecule has 0 bridgehead atoms. The largest absolute Gasteiger partial charge is 0.504 e. The first-order chi connectivity index (χ1) is 17.9. The summed E-state index contributed by atoms with van der Waals surface area (Å²) in [6.07, 6.45) is 11.1. The maximum absolute atomic E-state index is 14.3. The third-order valence-corrected chi connectivity index (χ3v) is 10.0. The Morgan fingerprint density at radius 3 is 2.03 bits per heavy atom. The van der Waals surface area contributed by atoms with Crippen molar-refractivity contribution in [2.24, 2.45) is 10.8 Å². The molecular weight excluding hydrogens is 480 g/mol. The Labute approximate surface area is 228 Å². The van der Waals surface area contributed by atoms with Gasteiger partial charge in [0.15, 0.2) is 11.5 Å². The minimum Gasteiger partial charge on any atom is -0.504 e. The Balaban J connectivity index is 2.05. The molecule has 0 saturated heterocycles. The molecule has 0 heterocycles. The number of ether oxygens (including phenoxy) is 2. The first-order valence-electron chi connectivity index (χ1n) is 14.6. The van der Waals surface area contributed by atoms with Crippen LogP contribution in [0.25, 0.3) is 0 Å². The number of phenols is 2. The quantitative estimate of drug-likeness (QED) is 0.164. The molecule has 0 spiro atoms. The lowest BCUT2D eigenvalue weighted by Gasteiger charge is -2.46. The highest BCUT2D eigenvalue weighted by Crippen LogP contribution is 2.53. The van der Waals surface area contributed by atoms with Crippen molar-refractivity contribution in [1.29, 1.82) is 0 Å². The maximum atomic E-state index is 14.3. The van der Waals surface area contributed by atoms with Crippen molar-refractivity contribution in [2.75, 3.05) is 0 Å². The lowest BCUT2D eigenvalue weighted by Crippen LogP contribution is -2.54. The van der Waals surface area contributed by atoms with Crippen LogP contribution in [0.3, 0.4) is 0 Å². The predicted octanol–water partition coefficient (Wildman–Crippen LogP) is 7.71. The Morgan fingerprint density at radius 2 is 1.53 bits per heavy atom. The van der Waals surface area contributed by atoms with Crippen molar-refractivity contribution in [2.45, 2.75) is 129 Å². The van der Waals surface area contributed by atoms with Gasteiger partial charge in [-0.05, 0) is 121 Å². The molecule has 0 radical (unpaired) electrons. The summed E-state index contributed by atoms with van der Waals surface area (Å²) in [5, 5.41) is 20.1. The van der Waals surface area contributed by atoms with Crippen LogP contribution in [0.5, 0.6) is 11.5 Å². The maximum Gasteiger partial charge on any atom is 0.313 e. The molecule has 3 unspecified atom stereocenters. The second-order valence-corrected chi connectivity index (χ2v) is 12.1. The summed E-state index contributed by atoms with van der Waals surface area (Å²) in [5.41, 5.74) is -2.73. The highest BCUT2D eigenvalue weighted by molar-refractivity contribution is 5.88. The van der Waals surface area contributed by atoms with E-state index in [4.69, 9.17) is 9.47 Å². The molecule has 0 aromatic heterocycles. The van der Waals surface area contributed by atoms with E-state index in [0.717, 1.165) is 63.4 Å². The van der Waals surface area contributed by atoms with E-state index < -0.39 is 22.0 Å². The number of phenolic OH excluding ortho intramolecular Hbond substituents is 2. The topological polar surface area (TPSA) is 93.1 Å². The molecule has 6 nitrogen and oxygen atoms in total. The van der Waals surface area contributed by atoms with Crippen LogP contribution in [0, 0.1) is 10.8 Å². The van der Waals surface area contributed by atoms with Gasteiger partial charge in [-0.25, -0.2) is 0 Å². The molecule has 3 atom stereocenters. The summed E-state index contributed by atoms with van der Waals surface area (Å²) < 4.78 is 12.6. The van der Waals surface area contributed by atoms with Gasteiger partial charge in [-0.2, -0.15) is 0 Å². The number of rotatable bonds is 12. The molecule has 2 saturated carbocycles. The molecule has 2 aliphatic rings. The van der Waals surface area contributed by atoms with Crippen LogP contribution in [0.15, 0.2) is 30.9 Å². The Morgan fingerprint density at radius 1 is 0.947 bits per heavy atom. The van der Waals surface area contributed by atoms with Crippen LogP contribution in [0.1, 0.15) is 123 Å². The zero-order chi connectivity index (χ0) is 28.2. The first kappa shape index (κ1) is 30.0. The van der Waals surface area contributed by atoms with Gasteiger partial charge < -0.3 is 19.7 Å². The number of hydrogen-bond acceptors (Lipinski definition) is 6. The van der Waals surface area contributed by atoms with Gasteiger partial charge in [0.05, 0.1) is 10.8 Å². The van der Waals surface area contributed by atoms with Gasteiger partial charge in [0, 0.05) is 0 Å². The van der Waals surface area contributed by atoms with Crippen LogP contribution in [0.4, 0.5) is 0 Å². The van der Waals surface area contributed by atoms with Crippen molar-refractivity contribution in [3.05, 3.63) is 36.4 Å². The Bertz CT molecular complexity index is 1000. The zero-order valence-electron chi connectivity index (χ0n) is 24.1. The second-order valence-electron chi connectivity index (χ2n) is 12.1. The molecule has 212 valence electrons. The Hall–Kier alpha value is -2.50. The van der Waals surface area contributed by atoms with Gasteiger partial charge in [0.2, 0.25) is 0 Å².